The van der Waals surface area contributed by atoms with E-state index in [2.05, 4.69) is 27.4 Å². The predicted molar refractivity (Wildman–Crippen MR) is 104 cm³/mol. The Labute approximate surface area is 154 Å². The van der Waals surface area contributed by atoms with Crippen LogP contribution in [-0.2, 0) is 6.42 Å². The number of hydrogen-bond acceptors (Lipinski definition) is 3. The van der Waals surface area contributed by atoms with Gasteiger partial charge in [0.25, 0.3) is 5.91 Å². The number of nitrogens with one attached hydrogen (secondary N) is 1. The molecule has 1 unspecified atom stereocenters. The molecular weight excluding hydrogens is 324 g/mol. The van der Waals surface area contributed by atoms with Crippen molar-refractivity contribution in [3.8, 4) is 5.69 Å². The van der Waals surface area contributed by atoms with Crippen LogP contribution in [0.25, 0.3) is 5.69 Å². The molecule has 1 atom stereocenters. The van der Waals surface area contributed by atoms with E-state index in [4.69, 9.17) is 0 Å². The van der Waals surface area contributed by atoms with Crippen molar-refractivity contribution in [1.82, 2.24) is 20.0 Å². The van der Waals surface area contributed by atoms with Crippen molar-refractivity contribution in [2.24, 2.45) is 0 Å². The number of rotatable bonds is 7. The molecule has 1 heterocycles. The van der Waals surface area contributed by atoms with Gasteiger partial charge in [0.1, 0.15) is 0 Å². The first-order chi connectivity index (χ1) is 12.6. The lowest BCUT2D eigenvalue weighted by atomic mass is 10.0. The van der Waals surface area contributed by atoms with E-state index in [9.17, 15) is 4.79 Å². The highest BCUT2D eigenvalue weighted by Gasteiger charge is 2.14. The minimum atomic E-state index is -0.0584. The molecule has 0 fully saturated rings. The van der Waals surface area contributed by atoms with Gasteiger partial charge >= 0.3 is 0 Å². The summed E-state index contributed by atoms with van der Waals surface area (Å²) in [6.07, 6.45) is 4.50. The van der Waals surface area contributed by atoms with Crippen LogP contribution in [0, 0.1) is 0 Å². The highest BCUT2D eigenvalue weighted by atomic mass is 16.1. The summed E-state index contributed by atoms with van der Waals surface area (Å²) in [4.78, 5) is 14.6. The highest BCUT2D eigenvalue weighted by Crippen LogP contribution is 2.10. The maximum absolute atomic E-state index is 12.5. The van der Waals surface area contributed by atoms with Crippen molar-refractivity contribution >= 4 is 5.91 Å². The molecule has 3 rings (SSSR count). The molecule has 1 aromatic heterocycles. The van der Waals surface area contributed by atoms with Crippen LogP contribution in [0.15, 0.2) is 73.1 Å². The molecule has 1 N–H and O–H groups in total. The summed E-state index contributed by atoms with van der Waals surface area (Å²) in [6, 6.07) is 19.9. The topological polar surface area (TPSA) is 50.2 Å². The molecule has 3 aromatic rings. The van der Waals surface area contributed by atoms with Crippen LogP contribution >= 0.6 is 0 Å². The third kappa shape index (κ3) is 4.58. The van der Waals surface area contributed by atoms with Gasteiger partial charge in [-0.05, 0) is 56.4 Å². The van der Waals surface area contributed by atoms with Crippen molar-refractivity contribution in [3.05, 3.63) is 84.2 Å². The third-order valence-corrected chi connectivity index (χ3v) is 4.44. The number of benzene rings is 2. The molecule has 0 aliphatic carbocycles. The van der Waals surface area contributed by atoms with Gasteiger partial charge in [-0.15, -0.1) is 0 Å². The van der Waals surface area contributed by atoms with E-state index < -0.39 is 0 Å². The lowest BCUT2D eigenvalue weighted by Gasteiger charge is -2.24. The Kier molecular flexibility index (Phi) is 5.81. The zero-order chi connectivity index (χ0) is 18.4. The second kappa shape index (κ2) is 8.45. The van der Waals surface area contributed by atoms with Crippen LogP contribution in [0.5, 0.6) is 0 Å². The van der Waals surface area contributed by atoms with Gasteiger partial charge in [-0.1, -0.05) is 30.3 Å². The molecule has 26 heavy (non-hydrogen) atoms. The summed E-state index contributed by atoms with van der Waals surface area (Å²) >= 11 is 0. The standard InChI is InChI=1S/C21H24N4O/c1-24(2)20(15-17-7-4-3-5-8-17)16-22-21(26)18-9-11-19(12-10-18)25-14-6-13-23-25/h3-14,20H,15-16H2,1-2H3,(H,22,26). The predicted octanol–water partition coefficient (Wildman–Crippen LogP) is 2.78. The van der Waals surface area contributed by atoms with E-state index in [1.165, 1.54) is 5.56 Å². The molecule has 1 amide bonds. The minimum absolute atomic E-state index is 0.0584. The van der Waals surface area contributed by atoms with Gasteiger partial charge < -0.3 is 10.2 Å². The normalized spacial score (nSPS) is 12.1. The molecule has 0 radical (unpaired) electrons. The first-order valence-electron chi connectivity index (χ1n) is 8.72. The highest BCUT2D eigenvalue weighted by molar-refractivity contribution is 5.94. The SMILES string of the molecule is CN(C)C(CNC(=O)c1ccc(-n2cccn2)cc1)Cc1ccccc1. The van der Waals surface area contributed by atoms with Crippen molar-refractivity contribution in [2.75, 3.05) is 20.6 Å². The van der Waals surface area contributed by atoms with Gasteiger partial charge in [0.15, 0.2) is 0 Å². The average Bonchev–Trinajstić information content (AvgIpc) is 3.20. The van der Waals surface area contributed by atoms with Crippen molar-refractivity contribution in [2.45, 2.75) is 12.5 Å². The summed E-state index contributed by atoms with van der Waals surface area (Å²) in [5.74, 6) is -0.0584. The van der Waals surface area contributed by atoms with Gasteiger partial charge in [0.2, 0.25) is 0 Å². The maximum Gasteiger partial charge on any atom is 0.251 e. The van der Waals surface area contributed by atoms with E-state index in [1.807, 2.05) is 68.8 Å². The summed E-state index contributed by atoms with van der Waals surface area (Å²) in [5, 5.41) is 7.24. The molecule has 5 heteroatoms. The Morgan fingerprint density at radius 1 is 1.08 bits per heavy atom. The van der Waals surface area contributed by atoms with Crippen LogP contribution in [0.1, 0.15) is 15.9 Å². The molecular formula is C21H24N4O. The van der Waals surface area contributed by atoms with Crippen molar-refractivity contribution < 1.29 is 4.79 Å². The number of carbonyl (C=O) groups is 1. The molecule has 2 aromatic carbocycles. The molecule has 5 nitrogen and oxygen atoms in total. The average molecular weight is 348 g/mol. The van der Waals surface area contributed by atoms with Gasteiger partial charge in [-0.3, -0.25) is 4.79 Å². The smallest absolute Gasteiger partial charge is 0.251 e. The fourth-order valence-corrected chi connectivity index (χ4v) is 2.82. The van der Waals surface area contributed by atoms with E-state index in [0.29, 0.717) is 12.1 Å². The first-order valence-corrected chi connectivity index (χ1v) is 8.72. The lowest BCUT2D eigenvalue weighted by molar-refractivity contribution is 0.0941. The second-order valence-corrected chi connectivity index (χ2v) is 6.51. The van der Waals surface area contributed by atoms with Crippen LogP contribution in [-0.4, -0.2) is 47.3 Å². The number of nitrogens with zero attached hydrogens (tertiary/aromatic N) is 3. The molecule has 0 bridgehead atoms. The molecule has 0 spiro atoms. The Bertz CT molecular complexity index is 811. The lowest BCUT2D eigenvalue weighted by Crippen LogP contribution is -2.41. The number of likely N-dealkylation sites (N-methyl/N-ethyl adjacent to an activating group) is 1. The van der Waals surface area contributed by atoms with Gasteiger partial charge in [-0.25, -0.2) is 4.68 Å². The van der Waals surface area contributed by atoms with Crippen LogP contribution in [0.3, 0.4) is 0 Å². The summed E-state index contributed by atoms with van der Waals surface area (Å²) in [5.41, 5.74) is 2.85. The molecule has 0 saturated heterocycles. The molecule has 0 aliphatic heterocycles. The molecule has 134 valence electrons. The number of aromatic nitrogens is 2. The van der Waals surface area contributed by atoms with Crippen LogP contribution in [0.4, 0.5) is 0 Å². The first kappa shape index (κ1) is 17.9. The van der Waals surface area contributed by atoms with E-state index >= 15 is 0 Å². The van der Waals surface area contributed by atoms with E-state index in [0.717, 1.165) is 12.1 Å². The number of hydrogen-bond donors (Lipinski definition) is 1. The van der Waals surface area contributed by atoms with E-state index in [-0.39, 0.29) is 11.9 Å². The Morgan fingerprint density at radius 2 is 1.81 bits per heavy atom. The Balaban J connectivity index is 1.59. The molecule has 0 saturated carbocycles. The van der Waals surface area contributed by atoms with Gasteiger partial charge in [0, 0.05) is 30.5 Å². The summed E-state index contributed by atoms with van der Waals surface area (Å²) in [7, 11) is 4.08. The third-order valence-electron chi connectivity index (χ3n) is 4.44. The zero-order valence-corrected chi connectivity index (χ0v) is 15.2. The molecule has 0 aliphatic rings. The van der Waals surface area contributed by atoms with Gasteiger partial charge in [0.05, 0.1) is 5.69 Å². The number of amides is 1. The van der Waals surface area contributed by atoms with Crippen LogP contribution in [0.2, 0.25) is 0 Å². The fourth-order valence-electron chi connectivity index (χ4n) is 2.82. The monoisotopic (exact) mass is 348 g/mol. The van der Waals surface area contributed by atoms with Crippen molar-refractivity contribution in [3.63, 3.8) is 0 Å². The van der Waals surface area contributed by atoms with Crippen molar-refractivity contribution in [1.29, 1.82) is 0 Å². The zero-order valence-electron chi connectivity index (χ0n) is 15.2. The summed E-state index contributed by atoms with van der Waals surface area (Å²) in [6.45, 7) is 0.599. The quantitative estimate of drug-likeness (QED) is 0.714. The largest absolute Gasteiger partial charge is 0.350 e. The van der Waals surface area contributed by atoms with E-state index in [1.54, 1.807) is 10.9 Å². The maximum atomic E-state index is 12.5. The summed E-state index contributed by atoms with van der Waals surface area (Å²) < 4.78 is 1.77. The fraction of sp³-hybridized carbons (Fsp3) is 0.238. The minimum Gasteiger partial charge on any atom is -0.350 e. The Morgan fingerprint density at radius 3 is 2.42 bits per heavy atom. The number of carbonyl (C=O) groups excluding carboxylic acids is 1. The Hall–Kier alpha value is -2.92. The van der Waals surface area contributed by atoms with Gasteiger partial charge in [-0.2, -0.15) is 5.10 Å². The second-order valence-electron chi connectivity index (χ2n) is 6.51. The van der Waals surface area contributed by atoms with Crippen LogP contribution < -0.4 is 5.32 Å².